The molecule has 0 saturated heterocycles. The van der Waals surface area contributed by atoms with E-state index in [-0.39, 0.29) is 6.04 Å². The first-order chi connectivity index (χ1) is 8.74. The van der Waals surface area contributed by atoms with E-state index >= 15 is 0 Å². The maximum Gasteiger partial charge on any atom is 0.124 e. The first kappa shape index (κ1) is 13.1. The molecule has 0 fully saturated rings. The van der Waals surface area contributed by atoms with Gasteiger partial charge in [0.05, 0.1) is 12.6 Å². The predicted octanol–water partition coefficient (Wildman–Crippen LogP) is 3.90. The molecule has 1 unspecified atom stereocenters. The van der Waals surface area contributed by atoms with Gasteiger partial charge in [0.2, 0.25) is 0 Å². The van der Waals surface area contributed by atoms with Crippen molar-refractivity contribution in [3.63, 3.8) is 0 Å². The van der Waals surface area contributed by atoms with E-state index < -0.39 is 0 Å². The Labute approximate surface area is 116 Å². The second-order valence-electron chi connectivity index (χ2n) is 3.97. The Balaban J connectivity index is 2.40. The van der Waals surface area contributed by atoms with Crippen molar-refractivity contribution >= 4 is 15.9 Å². The first-order valence-electron chi connectivity index (χ1n) is 5.95. The summed E-state index contributed by atoms with van der Waals surface area (Å²) in [6.07, 6.45) is 0. The van der Waals surface area contributed by atoms with Crippen LogP contribution in [-0.4, -0.2) is 6.61 Å². The Hall–Kier alpha value is -1.32. The summed E-state index contributed by atoms with van der Waals surface area (Å²) in [5.74, 6) is 0.850. The molecule has 2 rings (SSSR count). The third-order valence-corrected chi connectivity index (χ3v) is 3.52. The van der Waals surface area contributed by atoms with Gasteiger partial charge in [0, 0.05) is 10.0 Å². The van der Waals surface area contributed by atoms with Gasteiger partial charge in [0.15, 0.2) is 0 Å². The summed E-state index contributed by atoms with van der Waals surface area (Å²) in [5.41, 5.74) is 8.40. The van der Waals surface area contributed by atoms with Crippen LogP contribution in [0.15, 0.2) is 53.0 Å². The molecule has 2 N–H and O–H groups in total. The number of hydrogen-bond donors (Lipinski definition) is 1. The second kappa shape index (κ2) is 6.03. The highest BCUT2D eigenvalue weighted by Gasteiger charge is 2.15. The molecular formula is C15H16BrNO. The lowest BCUT2D eigenvalue weighted by Gasteiger charge is -2.17. The Morgan fingerprint density at radius 3 is 2.33 bits per heavy atom. The van der Waals surface area contributed by atoms with Crippen LogP contribution in [0, 0.1) is 0 Å². The van der Waals surface area contributed by atoms with E-state index in [1.807, 2.05) is 55.5 Å². The van der Waals surface area contributed by atoms with Crippen LogP contribution in [0.4, 0.5) is 0 Å². The zero-order chi connectivity index (χ0) is 13.0. The summed E-state index contributed by atoms with van der Waals surface area (Å²) in [5, 5.41) is 0. The average Bonchev–Trinajstić information content (AvgIpc) is 2.40. The molecule has 0 bridgehead atoms. The SMILES string of the molecule is CCOc1ccccc1C(N)c1ccccc1Br. The van der Waals surface area contributed by atoms with Crippen molar-refractivity contribution in [3.8, 4) is 5.75 Å². The minimum Gasteiger partial charge on any atom is -0.494 e. The van der Waals surface area contributed by atoms with E-state index in [0.717, 1.165) is 21.3 Å². The molecule has 0 saturated carbocycles. The number of ether oxygens (including phenoxy) is 1. The third-order valence-electron chi connectivity index (χ3n) is 2.79. The van der Waals surface area contributed by atoms with Crippen molar-refractivity contribution in [2.45, 2.75) is 13.0 Å². The normalized spacial score (nSPS) is 12.2. The summed E-state index contributed by atoms with van der Waals surface area (Å²) < 4.78 is 6.64. The van der Waals surface area contributed by atoms with Crippen molar-refractivity contribution in [2.75, 3.05) is 6.61 Å². The van der Waals surface area contributed by atoms with Crippen molar-refractivity contribution < 1.29 is 4.74 Å². The van der Waals surface area contributed by atoms with E-state index in [0.29, 0.717) is 6.61 Å². The van der Waals surface area contributed by atoms with Gasteiger partial charge in [-0.1, -0.05) is 52.3 Å². The minimum atomic E-state index is -0.191. The third kappa shape index (κ3) is 2.74. The molecule has 0 heterocycles. The summed E-state index contributed by atoms with van der Waals surface area (Å²) in [6, 6.07) is 15.7. The largest absolute Gasteiger partial charge is 0.494 e. The molecule has 2 aromatic rings. The number of para-hydroxylation sites is 1. The molecular weight excluding hydrogens is 290 g/mol. The van der Waals surface area contributed by atoms with Crippen LogP contribution in [0.2, 0.25) is 0 Å². The van der Waals surface area contributed by atoms with Gasteiger partial charge >= 0.3 is 0 Å². The van der Waals surface area contributed by atoms with Crippen LogP contribution in [0.1, 0.15) is 24.1 Å². The molecule has 0 aliphatic rings. The molecule has 0 aromatic heterocycles. The number of rotatable bonds is 4. The molecule has 3 heteroatoms. The van der Waals surface area contributed by atoms with Crippen molar-refractivity contribution in [1.29, 1.82) is 0 Å². The second-order valence-corrected chi connectivity index (χ2v) is 4.82. The van der Waals surface area contributed by atoms with Gasteiger partial charge < -0.3 is 10.5 Å². The molecule has 0 spiro atoms. The molecule has 0 aliphatic heterocycles. The van der Waals surface area contributed by atoms with E-state index in [2.05, 4.69) is 15.9 Å². The average molecular weight is 306 g/mol. The summed E-state index contributed by atoms with van der Waals surface area (Å²) in [7, 11) is 0. The van der Waals surface area contributed by atoms with Crippen LogP contribution in [0.25, 0.3) is 0 Å². The fourth-order valence-corrected chi connectivity index (χ4v) is 2.45. The fraction of sp³-hybridized carbons (Fsp3) is 0.200. The number of nitrogens with two attached hydrogens (primary N) is 1. The summed E-state index contributed by atoms with van der Waals surface area (Å²) in [4.78, 5) is 0. The van der Waals surface area contributed by atoms with Gasteiger partial charge in [0.25, 0.3) is 0 Å². The Bertz CT molecular complexity index is 527. The Morgan fingerprint density at radius 1 is 1.06 bits per heavy atom. The quantitative estimate of drug-likeness (QED) is 0.930. The smallest absolute Gasteiger partial charge is 0.124 e. The molecule has 0 radical (unpaired) electrons. The highest BCUT2D eigenvalue weighted by atomic mass is 79.9. The maximum atomic E-state index is 6.34. The van der Waals surface area contributed by atoms with Crippen LogP contribution in [-0.2, 0) is 0 Å². The summed E-state index contributed by atoms with van der Waals surface area (Å²) >= 11 is 3.54. The zero-order valence-electron chi connectivity index (χ0n) is 10.3. The molecule has 0 aliphatic carbocycles. The van der Waals surface area contributed by atoms with Crippen molar-refractivity contribution in [2.24, 2.45) is 5.73 Å². The van der Waals surface area contributed by atoms with Crippen molar-refractivity contribution in [3.05, 3.63) is 64.1 Å². The predicted molar refractivity (Wildman–Crippen MR) is 77.8 cm³/mol. The van der Waals surface area contributed by atoms with E-state index in [1.165, 1.54) is 0 Å². The highest BCUT2D eigenvalue weighted by Crippen LogP contribution is 2.31. The topological polar surface area (TPSA) is 35.2 Å². The van der Waals surface area contributed by atoms with Gasteiger partial charge in [-0.2, -0.15) is 0 Å². The van der Waals surface area contributed by atoms with E-state index in [4.69, 9.17) is 10.5 Å². The minimum absolute atomic E-state index is 0.191. The van der Waals surface area contributed by atoms with E-state index in [1.54, 1.807) is 0 Å². The first-order valence-corrected chi connectivity index (χ1v) is 6.75. The van der Waals surface area contributed by atoms with E-state index in [9.17, 15) is 0 Å². The van der Waals surface area contributed by atoms with Gasteiger partial charge in [-0.25, -0.2) is 0 Å². The lowest BCUT2D eigenvalue weighted by Crippen LogP contribution is -2.14. The Kier molecular flexibility index (Phi) is 4.39. The lowest BCUT2D eigenvalue weighted by atomic mass is 9.99. The van der Waals surface area contributed by atoms with Crippen molar-refractivity contribution in [1.82, 2.24) is 0 Å². The van der Waals surface area contributed by atoms with Crippen LogP contribution >= 0.6 is 15.9 Å². The van der Waals surface area contributed by atoms with Gasteiger partial charge in [-0.3, -0.25) is 0 Å². The zero-order valence-corrected chi connectivity index (χ0v) is 11.9. The molecule has 18 heavy (non-hydrogen) atoms. The molecule has 2 nitrogen and oxygen atoms in total. The highest BCUT2D eigenvalue weighted by molar-refractivity contribution is 9.10. The number of benzene rings is 2. The van der Waals surface area contributed by atoms with Crippen LogP contribution in [0.5, 0.6) is 5.75 Å². The van der Waals surface area contributed by atoms with Gasteiger partial charge in [0.1, 0.15) is 5.75 Å². The summed E-state index contributed by atoms with van der Waals surface area (Å²) in [6.45, 7) is 2.61. The molecule has 94 valence electrons. The molecule has 1 atom stereocenters. The van der Waals surface area contributed by atoms with Crippen LogP contribution in [0.3, 0.4) is 0 Å². The van der Waals surface area contributed by atoms with Gasteiger partial charge in [-0.05, 0) is 24.6 Å². The molecule has 0 amide bonds. The number of hydrogen-bond acceptors (Lipinski definition) is 2. The Morgan fingerprint density at radius 2 is 1.67 bits per heavy atom. The number of halogens is 1. The monoisotopic (exact) mass is 305 g/mol. The van der Waals surface area contributed by atoms with Crippen LogP contribution < -0.4 is 10.5 Å². The molecule has 2 aromatic carbocycles. The van der Waals surface area contributed by atoms with Gasteiger partial charge in [-0.15, -0.1) is 0 Å². The lowest BCUT2D eigenvalue weighted by molar-refractivity contribution is 0.335. The fourth-order valence-electron chi connectivity index (χ4n) is 1.92. The maximum absolute atomic E-state index is 6.34. The standard InChI is InChI=1S/C15H16BrNO/c1-2-18-14-10-6-4-8-12(14)15(17)11-7-3-5-9-13(11)16/h3-10,15H,2,17H2,1H3.